The molecule has 0 aromatic heterocycles. The molecule has 0 amide bonds. The molecule has 1 aliphatic heterocycles. The smallest absolute Gasteiger partial charge is 0.127 e. The molecular formula is C13H20N2O2. The molecule has 1 aromatic carbocycles. The van der Waals surface area contributed by atoms with Crippen LogP contribution in [-0.4, -0.2) is 19.8 Å². The lowest BCUT2D eigenvalue weighted by Gasteiger charge is -2.27. The van der Waals surface area contributed by atoms with E-state index in [1.807, 2.05) is 13.0 Å². The van der Waals surface area contributed by atoms with Gasteiger partial charge in [0.2, 0.25) is 0 Å². The Bertz CT molecular complexity index is 382. The summed E-state index contributed by atoms with van der Waals surface area (Å²) in [7, 11) is 1.69. The van der Waals surface area contributed by atoms with Crippen LogP contribution < -0.4 is 16.0 Å². The van der Waals surface area contributed by atoms with Crippen LogP contribution in [0.15, 0.2) is 18.2 Å². The number of fused-ring (bicyclic) bond motifs is 1. The molecule has 4 heteroatoms. The van der Waals surface area contributed by atoms with Gasteiger partial charge in [-0.15, -0.1) is 0 Å². The lowest BCUT2D eigenvalue weighted by molar-refractivity contribution is 0.0816. The van der Waals surface area contributed by atoms with Gasteiger partial charge < -0.3 is 9.47 Å². The average Bonchev–Trinajstić information content (AvgIpc) is 2.39. The second kappa shape index (κ2) is 5.49. The summed E-state index contributed by atoms with van der Waals surface area (Å²) in [5.74, 6) is 6.61. The van der Waals surface area contributed by atoms with Crippen LogP contribution in [0.2, 0.25) is 0 Å². The van der Waals surface area contributed by atoms with E-state index in [0.29, 0.717) is 0 Å². The highest BCUT2D eigenvalue weighted by molar-refractivity contribution is 5.44. The number of para-hydroxylation sites is 1. The number of nitrogens with one attached hydrogen (secondary N) is 1. The third kappa shape index (κ3) is 2.44. The highest BCUT2D eigenvalue weighted by atomic mass is 16.5. The van der Waals surface area contributed by atoms with Crippen LogP contribution in [0.4, 0.5) is 0 Å². The first-order valence-corrected chi connectivity index (χ1v) is 6.01. The molecule has 0 aliphatic carbocycles. The topological polar surface area (TPSA) is 56.5 Å². The summed E-state index contributed by atoms with van der Waals surface area (Å²) in [6.45, 7) is 2.77. The number of hydrogen-bond donors (Lipinski definition) is 2. The Morgan fingerprint density at radius 3 is 3.00 bits per heavy atom. The summed E-state index contributed by atoms with van der Waals surface area (Å²) in [4.78, 5) is 0. The van der Waals surface area contributed by atoms with Gasteiger partial charge in [0.1, 0.15) is 5.75 Å². The van der Waals surface area contributed by atoms with Crippen LogP contribution in [0, 0.1) is 0 Å². The molecule has 0 bridgehead atoms. The third-order valence-corrected chi connectivity index (χ3v) is 3.32. The first kappa shape index (κ1) is 12.4. The van der Waals surface area contributed by atoms with Crippen molar-refractivity contribution < 1.29 is 9.47 Å². The van der Waals surface area contributed by atoms with E-state index < -0.39 is 0 Å². The Kier molecular flexibility index (Phi) is 3.99. The normalized spacial score (nSPS) is 18.1. The van der Waals surface area contributed by atoms with Gasteiger partial charge in [0, 0.05) is 12.7 Å². The first-order chi connectivity index (χ1) is 8.27. The highest BCUT2D eigenvalue weighted by Gasteiger charge is 2.24. The van der Waals surface area contributed by atoms with Crippen molar-refractivity contribution in [1.82, 2.24) is 5.43 Å². The van der Waals surface area contributed by atoms with Crippen molar-refractivity contribution in [2.45, 2.75) is 31.9 Å². The average molecular weight is 236 g/mol. The highest BCUT2D eigenvalue weighted by Crippen LogP contribution is 2.34. The molecule has 0 fully saturated rings. The quantitative estimate of drug-likeness (QED) is 0.615. The zero-order chi connectivity index (χ0) is 12.3. The standard InChI is InChI=1S/C13H20N2O2/c1-9(16-2)12(15-14)11-7-3-5-10-6-4-8-17-13(10)11/h3,5,7,9,12,15H,4,6,8,14H2,1-2H3. The summed E-state index contributed by atoms with van der Waals surface area (Å²) < 4.78 is 11.1. The maximum absolute atomic E-state index is 5.78. The predicted molar refractivity (Wildman–Crippen MR) is 66.8 cm³/mol. The summed E-state index contributed by atoms with van der Waals surface area (Å²) in [5.41, 5.74) is 5.16. The Hall–Kier alpha value is -1.10. The van der Waals surface area contributed by atoms with Crippen LogP contribution in [-0.2, 0) is 11.2 Å². The maximum Gasteiger partial charge on any atom is 0.127 e. The van der Waals surface area contributed by atoms with Crippen molar-refractivity contribution in [1.29, 1.82) is 0 Å². The van der Waals surface area contributed by atoms with Gasteiger partial charge >= 0.3 is 0 Å². The van der Waals surface area contributed by atoms with Crippen molar-refractivity contribution in [3.8, 4) is 5.75 Å². The number of methoxy groups -OCH3 is 1. The fraction of sp³-hybridized carbons (Fsp3) is 0.538. The molecule has 17 heavy (non-hydrogen) atoms. The fourth-order valence-electron chi connectivity index (χ4n) is 2.27. The molecule has 1 aliphatic rings. The minimum atomic E-state index is -0.0481. The molecular weight excluding hydrogens is 216 g/mol. The van der Waals surface area contributed by atoms with Crippen molar-refractivity contribution in [3.63, 3.8) is 0 Å². The lowest BCUT2D eigenvalue weighted by Crippen LogP contribution is -2.36. The van der Waals surface area contributed by atoms with Gasteiger partial charge in [-0.05, 0) is 25.3 Å². The third-order valence-electron chi connectivity index (χ3n) is 3.32. The summed E-state index contributed by atoms with van der Waals surface area (Å²) in [5, 5.41) is 0. The predicted octanol–water partition coefficient (Wildman–Crippen LogP) is 1.55. The Balaban J connectivity index is 2.36. The van der Waals surface area contributed by atoms with Gasteiger partial charge in [-0.2, -0.15) is 0 Å². The van der Waals surface area contributed by atoms with Crippen LogP contribution in [0.1, 0.15) is 30.5 Å². The van der Waals surface area contributed by atoms with E-state index in [1.165, 1.54) is 5.56 Å². The summed E-state index contributed by atoms with van der Waals surface area (Å²) >= 11 is 0. The molecule has 4 nitrogen and oxygen atoms in total. The zero-order valence-electron chi connectivity index (χ0n) is 10.4. The first-order valence-electron chi connectivity index (χ1n) is 6.01. The largest absolute Gasteiger partial charge is 0.493 e. The Labute approximate surface area is 102 Å². The fourth-order valence-corrected chi connectivity index (χ4v) is 2.27. The zero-order valence-corrected chi connectivity index (χ0v) is 10.4. The van der Waals surface area contributed by atoms with Crippen LogP contribution in [0.5, 0.6) is 5.75 Å². The van der Waals surface area contributed by atoms with E-state index in [9.17, 15) is 0 Å². The number of benzene rings is 1. The monoisotopic (exact) mass is 236 g/mol. The summed E-state index contributed by atoms with van der Waals surface area (Å²) in [6.07, 6.45) is 2.15. The van der Waals surface area contributed by atoms with Gasteiger partial charge in [-0.1, -0.05) is 18.2 Å². The number of rotatable bonds is 4. The molecule has 0 radical (unpaired) electrons. The van der Waals surface area contributed by atoms with E-state index in [1.54, 1.807) is 7.11 Å². The number of hydrazine groups is 1. The SMILES string of the molecule is COC(C)C(NN)c1cccc2c1OCCC2. The molecule has 2 rings (SSSR count). The van der Waals surface area contributed by atoms with Gasteiger partial charge in [-0.3, -0.25) is 11.3 Å². The van der Waals surface area contributed by atoms with Crippen LogP contribution in [0.25, 0.3) is 0 Å². The molecule has 0 spiro atoms. The molecule has 3 N–H and O–H groups in total. The van der Waals surface area contributed by atoms with Crippen molar-refractivity contribution >= 4 is 0 Å². The number of nitrogens with two attached hydrogens (primary N) is 1. The number of aryl methyl sites for hydroxylation is 1. The van der Waals surface area contributed by atoms with E-state index in [2.05, 4.69) is 17.6 Å². The van der Waals surface area contributed by atoms with E-state index >= 15 is 0 Å². The molecule has 2 atom stereocenters. The Morgan fingerprint density at radius 1 is 1.47 bits per heavy atom. The summed E-state index contributed by atoms with van der Waals surface area (Å²) in [6, 6.07) is 6.16. The maximum atomic E-state index is 5.78. The van der Waals surface area contributed by atoms with Crippen molar-refractivity contribution in [2.75, 3.05) is 13.7 Å². The van der Waals surface area contributed by atoms with Gasteiger partial charge in [0.15, 0.2) is 0 Å². The number of ether oxygens (including phenoxy) is 2. The van der Waals surface area contributed by atoms with Crippen molar-refractivity contribution in [2.24, 2.45) is 5.84 Å². The van der Waals surface area contributed by atoms with Gasteiger partial charge in [0.05, 0.1) is 18.8 Å². The second-order valence-electron chi connectivity index (χ2n) is 4.37. The van der Waals surface area contributed by atoms with Gasteiger partial charge in [0.25, 0.3) is 0 Å². The molecule has 0 saturated heterocycles. The van der Waals surface area contributed by atoms with Crippen molar-refractivity contribution in [3.05, 3.63) is 29.3 Å². The lowest BCUT2D eigenvalue weighted by atomic mass is 9.96. The molecule has 0 saturated carbocycles. The molecule has 94 valence electrons. The van der Waals surface area contributed by atoms with E-state index in [0.717, 1.165) is 30.8 Å². The van der Waals surface area contributed by atoms with Crippen LogP contribution >= 0.6 is 0 Å². The Morgan fingerprint density at radius 2 is 2.29 bits per heavy atom. The molecule has 2 unspecified atom stereocenters. The minimum absolute atomic E-state index is 0.00275. The van der Waals surface area contributed by atoms with Gasteiger partial charge in [-0.25, -0.2) is 0 Å². The molecule has 1 aromatic rings. The van der Waals surface area contributed by atoms with E-state index in [4.69, 9.17) is 15.3 Å². The second-order valence-corrected chi connectivity index (χ2v) is 4.37. The molecule has 1 heterocycles. The van der Waals surface area contributed by atoms with E-state index in [-0.39, 0.29) is 12.1 Å². The van der Waals surface area contributed by atoms with Crippen LogP contribution in [0.3, 0.4) is 0 Å². The number of hydrogen-bond acceptors (Lipinski definition) is 4. The minimum Gasteiger partial charge on any atom is -0.493 e.